The number of alkyl halides is 3. The first-order chi connectivity index (χ1) is 10.5. The van der Waals surface area contributed by atoms with E-state index in [1.807, 2.05) is 23.1 Å². The molecule has 1 aromatic rings. The smallest absolute Gasteiger partial charge is 0.317 e. The zero-order valence-electron chi connectivity index (χ0n) is 12.2. The van der Waals surface area contributed by atoms with E-state index in [4.69, 9.17) is 11.6 Å². The van der Waals surface area contributed by atoms with Gasteiger partial charge >= 0.3 is 6.36 Å². The van der Waals surface area contributed by atoms with Crippen LogP contribution in [0.15, 0.2) is 24.3 Å². The molecule has 0 radical (unpaired) electrons. The summed E-state index contributed by atoms with van der Waals surface area (Å²) in [4.78, 5) is 2.04. The molecule has 0 aliphatic carbocycles. The summed E-state index contributed by atoms with van der Waals surface area (Å²) >= 11 is 6.16. The Kier molecular flexibility index (Phi) is 6.50. The van der Waals surface area contributed by atoms with Gasteiger partial charge in [0.05, 0.1) is 6.61 Å². The van der Waals surface area contributed by atoms with Gasteiger partial charge in [0.2, 0.25) is 0 Å². The third kappa shape index (κ3) is 5.76. The standard InChI is InChI=1S/C15H20ClF3N2O/c16-14-4-2-1-3-12(14)11-21(9-10-22-15(17,18)19)13-5-7-20-8-6-13/h1-4,13,20H,5-11H2. The molecule has 0 unspecified atom stereocenters. The molecule has 1 aliphatic heterocycles. The van der Waals surface area contributed by atoms with Crippen molar-refractivity contribution in [2.45, 2.75) is 31.8 Å². The summed E-state index contributed by atoms with van der Waals surface area (Å²) in [6, 6.07) is 7.67. The zero-order valence-corrected chi connectivity index (χ0v) is 13.0. The maximum Gasteiger partial charge on any atom is 0.522 e. The number of nitrogens with one attached hydrogen (secondary N) is 1. The minimum Gasteiger partial charge on any atom is -0.317 e. The van der Waals surface area contributed by atoms with Gasteiger partial charge in [0, 0.05) is 24.2 Å². The fraction of sp³-hybridized carbons (Fsp3) is 0.600. The van der Waals surface area contributed by atoms with E-state index in [1.165, 1.54) is 0 Å². The molecule has 1 N–H and O–H groups in total. The fourth-order valence-corrected chi connectivity index (χ4v) is 2.88. The Bertz CT molecular complexity index is 464. The molecule has 0 bridgehead atoms. The highest BCUT2D eigenvalue weighted by molar-refractivity contribution is 6.31. The Balaban J connectivity index is 1.99. The molecule has 1 saturated heterocycles. The second-order valence-corrected chi connectivity index (χ2v) is 5.74. The van der Waals surface area contributed by atoms with Crippen molar-refractivity contribution in [3.63, 3.8) is 0 Å². The van der Waals surface area contributed by atoms with Crippen LogP contribution in [0.1, 0.15) is 18.4 Å². The van der Waals surface area contributed by atoms with Crippen LogP contribution in [-0.4, -0.2) is 43.5 Å². The first-order valence-electron chi connectivity index (χ1n) is 7.34. The van der Waals surface area contributed by atoms with E-state index in [1.54, 1.807) is 6.07 Å². The number of nitrogens with zero attached hydrogens (tertiary/aromatic N) is 1. The van der Waals surface area contributed by atoms with Crippen molar-refractivity contribution < 1.29 is 17.9 Å². The van der Waals surface area contributed by atoms with E-state index in [9.17, 15) is 13.2 Å². The van der Waals surface area contributed by atoms with Gasteiger partial charge in [0.25, 0.3) is 0 Å². The highest BCUT2D eigenvalue weighted by Crippen LogP contribution is 2.22. The van der Waals surface area contributed by atoms with Crippen LogP contribution in [0.3, 0.4) is 0 Å². The number of rotatable bonds is 6. The van der Waals surface area contributed by atoms with Crippen LogP contribution in [-0.2, 0) is 11.3 Å². The summed E-state index contributed by atoms with van der Waals surface area (Å²) in [6.45, 7) is 2.16. The molecule has 22 heavy (non-hydrogen) atoms. The molecule has 1 heterocycles. The molecule has 2 rings (SSSR count). The van der Waals surface area contributed by atoms with E-state index in [0.717, 1.165) is 31.5 Å². The van der Waals surface area contributed by atoms with Crippen LogP contribution in [0.5, 0.6) is 0 Å². The lowest BCUT2D eigenvalue weighted by Crippen LogP contribution is -2.44. The number of piperidine rings is 1. The zero-order chi connectivity index (χ0) is 16.0. The molecule has 0 amide bonds. The minimum absolute atomic E-state index is 0.232. The van der Waals surface area contributed by atoms with Crippen LogP contribution in [0.2, 0.25) is 5.02 Å². The monoisotopic (exact) mass is 336 g/mol. The molecule has 7 heteroatoms. The first-order valence-corrected chi connectivity index (χ1v) is 7.72. The van der Waals surface area contributed by atoms with Crippen LogP contribution in [0.4, 0.5) is 13.2 Å². The topological polar surface area (TPSA) is 24.5 Å². The Morgan fingerprint density at radius 2 is 1.91 bits per heavy atom. The van der Waals surface area contributed by atoms with Gasteiger partial charge in [-0.1, -0.05) is 29.8 Å². The molecular weight excluding hydrogens is 317 g/mol. The fourth-order valence-electron chi connectivity index (χ4n) is 2.69. The Morgan fingerprint density at radius 1 is 1.23 bits per heavy atom. The summed E-state index contributed by atoms with van der Waals surface area (Å²) in [5.41, 5.74) is 0.926. The third-order valence-electron chi connectivity index (χ3n) is 3.80. The second-order valence-electron chi connectivity index (χ2n) is 5.34. The Morgan fingerprint density at radius 3 is 2.55 bits per heavy atom. The van der Waals surface area contributed by atoms with Crippen molar-refractivity contribution in [2.75, 3.05) is 26.2 Å². The van der Waals surface area contributed by atoms with Crippen molar-refractivity contribution in [1.82, 2.24) is 10.2 Å². The molecular formula is C15H20ClF3N2O. The van der Waals surface area contributed by atoms with E-state index in [0.29, 0.717) is 11.6 Å². The van der Waals surface area contributed by atoms with Gasteiger partial charge in [0.15, 0.2) is 0 Å². The SMILES string of the molecule is FC(F)(F)OCCN(Cc1ccccc1Cl)C1CCNCC1. The van der Waals surface area contributed by atoms with E-state index < -0.39 is 6.36 Å². The number of hydrogen-bond donors (Lipinski definition) is 1. The number of benzene rings is 1. The van der Waals surface area contributed by atoms with E-state index in [2.05, 4.69) is 10.1 Å². The summed E-state index contributed by atoms with van der Waals surface area (Å²) in [7, 11) is 0. The maximum atomic E-state index is 12.2. The Labute approximate surface area is 133 Å². The number of halogens is 4. The van der Waals surface area contributed by atoms with Gasteiger partial charge in [-0.3, -0.25) is 9.64 Å². The lowest BCUT2D eigenvalue weighted by molar-refractivity contribution is -0.325. The molecule has 0 aromatic heterocycles. The normalized spacial score (nSPS) is 17.1. The summed E-state index contributed by atoms with van der Waals surface area (Å²) in [5.74, 6) is 0. The van der Waals surface area contributed by atoms with Crippen molar-refractivity contribution in [3.05, 3.63) is 34.9 Å². The average Bonchev–Trinajstić information content (AvgIpc) is 2.48. The summed E-state index contributed by atoms with van der Waals surface area (Å²) < 4.78 is 40.4. The molecule has 1 fully saturated rings. The molecule has 0 saturated carbocycles. The summed E-state index contributed by atoms with van der Waals surface area (Å²) in [6.07, 6.45) is -2.75. The highest BCUT2D eigenvalue weighted by Gasteiger charge is 2.30. The predicted molar refractivity (Wildman–Crippen MR) is 79.8 cm³/mol. The quantitative estimate of drug-likeness (QED) is 0.861. The van der Waals surface area contributed by atoms with Crippen molar-refractivity contribution in [2.24, 2.45) is 0 Å². The number of hydrogen-bond acceptors (Lipinski definition) is 3. The van der Waals surface area contributed by atoms with Crippen LogP contribution in [0, 0.1) is 0 Å². The molecule has 0 atom stereocenters. The maximum absolute atomic E-state index is 12.2. The molecule has 1 aliphatic rings. The van der Waals surface area contributed by atoms with Crippen molar-refractivity contribution >= 4 is 11.6 Å². The van der Waals surface area contributed by atoms with Gasteiger partial charge in [-0.25, -0.2) is 0 Å². The van der Waals surface area contributed by atoms with Crippen LogP contribution in [0.25, 0.3) is 0 Å². The number of ether oxygens (including phenoxy) is 1. The Hall–Kier alpha value is -0.820. The highest BCUT2D eigenvalue weighted by atomic mass is 35.5. The molecule has 1 aromatic carbocycles. The molecule has 3 nitrogen and oxygen atoms in total. The van der Waals surface area contributed by atoms with Crippen LogP contribution < -0.4 is 5.32 Å². The molecule has 124 valence electrons. The van der Waals surface area contributed by atoms with Gasteiger partial charge in [-0.2, -0.15) is 0 Å². The van der Waals surface area contributed by atoms with Crippen molar-refractivity contribution in [3.8, 4) is 0 Å². The van der Waals surface area contributed by atoms with Gasteiger partial charge in [-0.05, 0) is 37.6 Å². The van der Waals surface area contributed by atoms with Gasteiger partial charge in [-0.15, -0.1) is 13.2 Å². The second kappa shape index (κ2) is 8.15. The van der Waals surface area contributed by atoms with Crippen LogP contribution >= 0.6 is 11.6 Å². The summed E-state index contributed by atoms with van der Waals surface area (Å²) in [5, 5.41) is 3.90. The van der Waals surface area contributed by atoms with Gasteiger partial charge in [0.1, 0.15) is 0 Å². The van der Waals surface area contributed by atoms with Gasteiger partial charge < -0.3 is 5.32 Å². The molecule has 0 spiro atoms. The van der Waals surface area contributed by atoms with E-state index >= 15 is 0 Å². The average molecular weight is 337 g/mol. The largest absolute Gasteiger partial charge is 0.522 e. The predicted octanol–water partition coefficient (Wildman–Crippen LogP) is 3.43. The van der Waals surface area contributed by atoms with E-state index in [-0.39, 0.29) is 19.2 Å². The third-order valence-corrected chi connectivity index (χ3v) is 4.17. The lowest BCUT2D eigenvalue weighted by atomic mass is 10.0. The minimum atomic E-state index is -4.58. The van der Waals surface area contributed by atoms with Crippen molar-refractivity contribution in [1.29, 1.82) is 0 Å². The lowest BCUT2D eigenvalue weighted by Gasteiger charge is -2.35. The first kappa shape index (κ1) is 17.5.